The van der Waals surface area contributed by atoms with Crippen LogP contribution in [0.25, 0.3) is 0 Å². The maximum atomic E-state index is 12.4. The number of likely N-dealkylation sites (tertiary alicyclic amines) is 1. The van der Waals surface area contributed by atoms with Gasteiger partial charge in [-0.1, -0.05) is 34.6 Å². The Morgan fingerprint density at radius 3 is 2.39 bits per heavy atom. The fourth-order valence-corrected chi connectivity index (χ4v) is 3.19. The number of hydrogen-bond acceptors (Lipinski definition) is 3. The lowest BCUT2D eigenvalue weighted by atomic mass is 9.86. The maximum Gasteiger partial charge on any atom is 0.227 e. The van der Waals surface area contributed by atoms with E-state index in [-0.39, 0.29) is 29.3 Å². The molecule has 2 amide bonds. The lowest BCUT2D eigenvalue weighted by Crippen LogP contribution is -2.49. The van der Waals surface area contributed by atoms with E-state index in [1.807, 2.05) is 39.5 Å². The predicted octanol–water partition coefficient (Wildman–Crippen LogP) is 2.18. The first-order chi connectivity index (χ1) is 10.4. The summed E-state index contributed by atoms with van der Waals surface area (Å²) in [6.07, 6.45) is 1.97. The number of carbonyl (C=O) groups is 2. The van der Waals surface area contributed by atoms with Crippen molar-refractivity contribution in [1.29, 1.82) is 0 Å². The van der Waals surface area contributed by atoms with Crippen LogP contribution in [0.2, 0.25) is 0 Å². The van der Waals surface area contributed by atoms with E-state index in [0.29, 0.717) is 19.5 Å². The third kappa shape index (κ3) is 6.50. The number of aliphatic hydroxyl groups excluding tert-OH is 1. The van der Waals surface area contributed by atoms with Gasteiger partial charge in [-0.05, 0) is 31.6 Å². The number of piperidine rings is 1. The first-order valence-corrected chi connectivity index (χ1v) is 8.67. The molecule has 1 aliphatic heterocycles. The normalized spacial score (nSPS) is 21.0. The first-order valence-electron chi connectivity index (χ1n) is 8.67. The first kappa shape index (κ1) is 19.9. The smallest absolute Gasteiger partial charge is 0.227 e. The highest BCUT2D eigenvalue weighted by Gasteiger charge is 2.33. The van der Waals surface area contributed by atoms with Gasteiger partial charge in [0.1, 0.15) is 0 Å². The number of aliphatic hydroxyl groups is 1. The Kier molecular flexibility index (Phi) is 6.63. The molecule has 0 radical (unpaired) electrons. The minimum Gasteiger partial charge on any atom is -0.393 e. The van der Waals surface area contributed by atoms with Crippen molar-refractivity contribution in [2.24, 2.45) is 16.7 Å². The molecule has 1 heterocycles. The van der Waals surface area contributed by atoms with Crippen molar-refractivity contribution in [3.05, 3.63) is 0 Å². The SMILES string of the molecule is CC(O)CC(C)(C)CNC(=O)C1CCCN(C(=O)C(C)(C)C)C1. The molecule has 2 N–H and O–H groups in total. The second-order valence-corrected chi connectivity index (χ2v) is 8.78. The molecule has 0 spiro atoms. The Hall–Kier alpha value is -1.10. The Bertz CT molecular complexity index is 424. The number of nitrogens with one attached hydrogen (secondary N) is 1. The highest BCUT2D eigenvalue weighted by Crippen LogP contribution is 2.25. The fraction of sp³-hybridized carbons (Fsp3) is 0.889. The summed E-state index contributed by atoms with van der Waals surface area (Å²) in [6, 6.07) is 0. The van der Waals surface area contributed by atoms with Gasteiger partial charge in [-0.3, -0.25) is 9.59 Å². The van der Waals surface area contributed by atoms with E-state index >= 15 is 0 Å². The second kappa shape index (κ2) is 7.65. The van der Waals surface area contributed by atoms with Gasteiger partial charge in [0.05, 0.1) is 12.0 Å². The highest BCUT2D eigenvalue weighted by atomic mass is 16.3. The van der Waals surface area contributed by atoms with Crippen molar-refractivity contribution >= 4 is 11.8 Å². The van der Waals surface area contributed by atoms with E-state index in [9.17, 15) is 14.7 Å². The van der Waals surface area contributed by atoms with Gasteiger partial charge in [0.25, 0.3) is 0 Å². The summed E-state index contributed by atoms with van der Waals surface area (Å²) in [5.74, 6) is 0.0110. The lowest BCUT2D eigenvalue weighted by Gasteiger charge is -2.36. The summed E-state index contributed by atoms with van der Waals surface area (Å²) < 4.78 is 0. The molecule has 23 heavy (non-hydrogen) atoms. The van der Waals surface area contributed by atoms with Crippen LogP contribution in [0, 0.1) is 16.7 Å². The average Bonchev–Trinajstić information content (AvgIpc) is 2.42. The third-order valence-corrected chi connectivity index (χ3v) is 4.31. The molecule has 0 bridgehead atoms. The quantitative estimate of drug-likeness (QED) is 0.813. The van der Waals surface area contributed by atoms with E-state index in [1.165, 1.54) is 0 Å². The summed E-state index contributed by atoms with van der Waals surface area (Å²) in [5.41, 5.74) is -0.545. The molecule has 2 unspecified atom stereocenters. The molecule has 1 fully saturated rings. The molecule has 0 aliphatic carbocycles. The molecule has 0 aromatic rings. The zero-order chi connectivity index (χ0) is 17.8. The number of hydrogen-bond donors (Lipinski definition) is 2. The topological polar surface area (TPSA) is 69.6 Å². The van der Waals surface area contributed by atoms with Gasteiger partial charge in [0.2, 0.25) is 11.8 Å². The monoisotopic (exact) mass is 326 g/mol. The van der Waals surface area contributed by atoms with Crippen LogP contribution < -0.4 is 5.32 Å². The van der Waals surface area contributed by atoms with E-state index in [4.69, 9.17) is 0 Å². The second-order valence-electron chi connectivity index (χ2n) is 8.78. The Morgan fingerprint density at radius 2 is 1.87 bits per heavy atom. The van der Waals surface area contributed by atoms with Crippen molar-refractivity contribution < 1.29 is 14.7 Å². The lowest BCUT2D eigenvalue weighted by molar-refractivity contribution is -0.142. The minimum atomic E-state index is -0.405. The van der Waals surface area contributed by atoms with E-state index in [1.54, 1.807) is 6.92 Å². The van der Waals surface area contributed by atoms with Gasteiger partial charge in [-0.15, -0.1) is 0 Å². The predicted molar refractivity (Wildman–Crippen MR) is 91.8 cm³/mol. The Balaban J connectivity index is 2.55. The third-order valence-electron chi connectivity index (χ3n) is 4.31. The van der Waals surface area contributed by atoms with Crippen LogP contribution in [0.3, 0.4) is 0 Å². The molecule has 1 saturated heterocycles. The van der Waals surface area contributed by atoms with E-state index in [2.05, 4.69) is 5.32 Å². The summed E-state index contributed by atoms with van der Waals surface area (Å²) in [4.78, 5) is 26.7. The van der Waals surface area contributed by atoms with E-state index < -0.39 is 5.41 Å². The maximum absolute atomic E-state index is 12.4. The van der Waals surface area contributed by atoms with Crippen LogP contribution in [0.5, 0.6) is 0 Å². The van der Waals surface area contributed by atoms with Gasteiger partial charge in [0.15, 0.2) is 0 Å². The molecule has 0 aromatic heterocycles. The van der Waals surface area contributed by atoms with Gasteiger partial charge < -0.3 is 15.3 Å². The van der Waals surface area contributed by atoms with Crippen LogP contribution in [-0.4, -0.2) is 47.6 Å². The standard InChI is InChI=1S/C18H34N2O3/c1-13(21)10-18(5,6)12-19-15(22)14-8-7-9-20(11-14)16(23)17(2,3)4/h13-14,21H,7-12H2,1-6H3,(H,19,22). The minimum absolute atomic E-state index is 0.0232. The Morgan fingerprint density at radius 1 is 1.26 bits per heavy atom. The number of amides is 2. The summed E-state index contributed by atoms with van der Waals surface area (Å²) in [5, 5.41) is 12.5. The van der Waals surface area contributed by atoms with Crippen molar-refractivity contribution in [3.8, 4) is 0 Å². The number of nitrogens with zero attached hydrogens (tertiary/aromatic N) is 1. The summed E-state index contributed by atoms with van der Waals surface area (Å²) >= 11 is 0. The molecule has 2 atom stereocenters. The molecule has 5 heteroatoms. The van der Waals surface area contributed by atoms with Crippen LogP contribution in [0.4, 0.5) is 0 Å². The molecule has 5 nitrogen and oxygen atoms in total. The molecular formula is C18H34N2O3. The van der Waals surface area contributed by atoms with Gasteiger partial charge in [-0.2, -0.15) is 0 Å². The van der Waals surface area contributed by atoms with Crippen LogP contribution in [0.1, 0.15) is 60.8 Å². The van der Waals surface area contributed by atoms with Crippen molar-refractivity contribution in [3.63, 3.8) is 0 Å². The van der Waals surface area contributed by atoms with E-state index in [0.717, 1.165) is 19.4 Å². The van der Waals surface area contributed by atoms with Crippen molar-refractivity contribution in [2.45, 2.75) is 66.9 Å². The zero-order valence-corrected chi connectivity index (χ0v) is 15.6. The molecule has 1 rings (SSSR count). The summed E-state index contributed by atoms with van der Waals surface area (Å²) in [7, 11) is 0. The van der Waals surface area contributed by atoms with Crippen LogP contribution >= 0.6 is 0 Å². The highest BCUT2D eigenvalue weighted by molar-refractivity contribution is 5.83. The Labute approximate surface area is 140 Å². The van der Waals surface area contributed by atoms with Crippen LogP contribution in [-0.2, 0) is 9.59 Å². The number of rotatable bonds is 5. The largest absolute Gasteiger partial charge is 0.393 e. The van der Waals surface area contributed by atoms with Crippen molar-refractivity contribution in [2.75, 3.05) is 19.6 Å². The molecule has 1 aliphatic rings. The summed E-state index contributed by atoms with van der Waals surface area (Å²) in [6.45, 7) is 13.4. The molecule has 0 saturated carbocycles. The van der Waals surface area contributed by atoms with Gasteiger partial charge in [0, 0.05) is 25.0 Å². The molecule has 134 valence electrons. The van der Waals surface area contributed by atoms with Gasteiger partial charge >= 0.3 is 0 Å². The zero-order valence-electron chi connectivity index (χ0n) is 15.6. The molecular weight excluding hydrogens is 292 g/mol. The number of carbonyl (C=O) groups excluding carboxylic acids is 2. The van der Waals surface area contributed by atoms with Crippen molar-refractivity contribution in [1.82, 2.24) is 10.2 Å². The fourth-order valence-electron chi connectivity index (χ4n) is 3.19. The van der Waals surface area contributed by atoms with Gasteiger partial charge in [-0.25, -0.2) is 0 Å². The van der Waals surface area contributed by atoms with Crippen LogP contribution in [0.15, 0.2) is 0 Å². The average molecular weight is 326 g/mol. The molecule has 0 aromatic carbocycles.